The van der Waals surface area contributed by atoms with Crippen molar-refractivity contribution < 1.29 is 0 Å². The van der Waals surface area contributed by atoms with E-state index < -0.39 is 0 Å². The lowest BCUT2D eigenvalue weighted by Crippen LogP contribution is -2.16. The van der Waals surface area contributed by atoms with Gasteiger partial charge in [-0.3, -0.25) is 0 Å². The third kappa shape index (κ3) is 6.18. The van der Waals surface area contributed by atoms with Crippen molar-refractivity contribution in [3.8, 4) is 50.2 Å². The van der Waals surface area contributed by atoms with E-state index in [9.17, 15) is 0 Å². The number of para-hydroxylation sites is 1. The lowest BCUT2D eigenvalue weighted by Gasteiger charge is -2.28. The van der Waals surface area contributed by atoms with Crippen LogP contribution in [0.1, 0.15) is 49.9 Å². The summed E-state index contributed by atoms with van der Waals surface area (Å²) in [5, 5.41) is 10.1. The highest BCUT2D eigenvalue weighted by molar-refractivity contribution is 6.25. The number of anilines is 3. The van der Waals surface area contributed by atoms with Crippen LogP contribution >= 0.6 is 0 Å². The molecular formula is C72H52N2. The maximum Gasteiger partial charge on any atom is 0.0541 e. The van der Waals surface area contributed by atoms with Crippen LogP contribution in [0.15, 0.2) is 243 Å². The Morgan fingerprint density at radius 2 is 0.689 bits per heavy atom. The summed E-state index contributed by atoms with van der Waals surface area (Å²) in [6, 6.07) is 90.9. The second-order valence-electron chi connectivity index (χ2n) is 21.7. The van der Waals surface area contributed by atoms with Crippen molar-refractivity contribution in [2.45, 2.75) is 38.5 Å². The van der Waals surface area contributed by atoms with Gasteiger partial charge in [-0.05, 0) is 178 Å². The van der Waals surface area contributed by atoms with Crippen molar-refractivity contribution in [2.75, 3.05) is 4.90 Å². The van der Waals surface area contributed by atoms with Gasteiger partial charge in [0.2, 0.25) is 0 Å². The second kappa shape index (κ2) is 15.8. The first-order valence-electron chi connectivity index (χ1n) is 26.1. The molecule has 1 aromatic heterocycles. The van der Waals surface area contributed by atoms with Crippen LogP contribution in [0, 0.1) is 0 Å². The van der Waals surface area contributed by atoms with E-state index >= 15 is 0 Å². The van der Waals surface area contributed by atoms with Crippen molar-refractivity contribution in [1.29, 1.82) is 0 Å². The normalized spacial score (nSPS) is 13.9. The van der Waals surface area contributed by atoms with Crippen LogP contribution in [0.5, 0.6) is 0 Å². The monoisotopic (exact) mass is 944 g/mol. The molecule has 2 heteroatoms. The fourth-order valence-electron chi connectivity index (χ4n) is 13.2. The van der Waals surface area contributed by atoms with Crippen LogP contribution in [0.25, 0.3) is 104 Å². The van der Waals surface area contributed by atoms with E-state index in [4.69, 9.17) is 0 Å². The Kier molecular flexibility index (Phi) is 9.09. The van der Waals surface area contributed by atoms with Gasteiger partial charge >= 0.3 is 0 Å². The molecule has 2 nitrogen and oxygen atoms in total. The fourth-order valence-corrected chi connectivity index (χ4v) is 13.2. The standard InChI is InChI=1S/C72H52N2/c1-71(2)65-24-14-12-22-58(65)60-35-28-48(42-67(60)71)47-30-39-70-64(41-47)63-40-46(29-38-69(63)74(70)51-33-36-57-55-20-9-8-18-53(55)54-19-10-11-21-56(54)62(57)43-51)45-26-31-50(32-27-45)73(49-16-6-5-7-17-49)52-34-37-61-59-23-13-15-25-66(59)72(3,4)68(61)44-52/h5-44H,1-4H3. The van der Waals surface area contributed by atoms with E-state index in [-0.39, 0.29) is 10.8 Å². The van der Waals surface area contributed by atoms with Gasteiger partial charge in [0.05, 0.1) is 11.0 Å². The molecule has 0 amide bonds. The van der Waals surface area contributed by atoms with Gasteiger partial charge in [0.1, 0.15) is 0 Å². The third-order valence-corrected chi connectivity index (χ3v) is 17.0. The molecule has 0 bridgehead atoms. The zero-order valence-electron chi connectivity index (χ0n) is 42.0. The Balaban J connectivity index is 0.882. The Morgan fingerprint density at radius 3 is 1.30 bits per heavy atom. The molecule has 0 radical (unpaired) electrons. The van der Waals surface area contributed by atoms with Gasteiger partial charge in [-0.25, -0.2) is 0 Å². The number of rotatable bonds is 6. The number of hydrogen-bond donors (Lipinski definition) is 0. The quantitative estimate of drug-likeness (QED) is 0.151. The summed E-state index contributed by atoms with van der Waals surface area (Å²) in [7, 11) is 0. The molecule has 12 aromatic carbocycles. The minimum atomic E-state index is -0.0983. The summed E-state index contributed by atoms with van der Waals surface area (Å²) >= 11 is 0. The number of nitrogens with zero attached hydrogens (tertiary/aromatic N) is 2. The van der Waals surface area contributed by atoms with Gasteiger partial charge < -0.3 is 9.47 Å². The molecular weight excluding hydrogens is 893 g/mol. The number of hydrogen-bond acceptors (Lipinski definition) is 1. The summed E-state index contributed by atoms with van der Waals surface area (Å²) in [6.45, 7) is 9.45. The molecule has 0 unspecified atom stereocenters. The van der Waals surface area contributed by atoms with Crippen molar-refractivity contribution >= 4 is 71.2 Å². The third-order valence-electron chi connectivity index (χ3n) is 17.0. The average Bonchev–Trinajstić information content (AvgIpc) is 3.99. The molecule has 0 N–H and O–H groups in total. The van der Waals surface area contributed by atoms with Gasteiger partial charge in [-0.2, -0.15) is 0 Å². The van der Waals surface area contributed by atoms with Crippen molar-refractivity contribution in [2.24, 2.45) is 0 Å². The Hall–Kier alpha value is -8.98. The topological polar surface area (TPSA) is 8.17 Å². The zero-order chi connectivity index (χ0) is 49.5. The molecule has 15 rings (SSSR count). The van der Waals surface area contributed by atoms with Crippen molar-refractivity contribution in [1.82, 2.24) is 4.57 Å². The zero-order valence-corrected chi connectivity index (χ0v) is 42.0. The Bertz CT molecular complexity index is 4440. The first kappa shape index (κ1) is 42.7. The SMILES string of the molecule is CC1(C)c2ccccc2-c2ccc(-c3ccc4c(c3)c3cc(-c5ccc(N(c6ccccc6)c6ccc7c(c6)C(C)(C)c6ccccc6-7)cc5)ccc3n4-c3ccc4c5ccccc5c5ccccc5c4c3)cc21. The van der Waals surface area contributed by atoms with E-state index in [0.29, 0.717) is 0 Å². The van der Waals surface area contributed by atoms with Crippen LogP contribution in [-0.4, -0.2) is 4.57 Å². The Morgan fingerprint density at radius 1 is 0.270 bits per heavy atom. The van der Waals surface area contributed by atoms with Gasteiger partial charge in [-0.1, -0.05) is 191 Å². The van der Waals surface area contributed by atoms with Gasteiger partial charge in [0, 0.05) is 44.4 Å². The lowest BCUT2D eigenvalue weighted by atomic mass is 9.81. The number of benzene rings is 12. The molecule has 350 valence electrons. The Labute approximate surface area is 432 Å². The van der Waals surface area contributed by atoms with Crippen LogP contribution in [0.4, 0.5) is 17.1 Å². The predicted molar refractivity (Wildman–Crippen MR) is 314 cm³/mol. The molecule has 0 spiro atoms. The molecule has 0 aliphatic heterocycles. The van der Waals surface area contributed by atoms with Crippen LogP contribution in [0.3, 0.4) is 0 Å². The summed E-state index contributed by atoms with van der Waals surface area (Å²) in [5.41, 5.74) is 22.4. The average molecular weight is 945 g/mol. The first-order chi connectivity index (χ1) is 36.2. The summed E-state index contributed by atoms with van der Waals surface area (Å²) in [4.78, 5) is 2.40. The van der Waals surface area contributed by atoms with Crippen molar-refractivity contribution in [3.05, 3.63) is 265 Å². The molecule has 74 heavy (non-hydrogen) atoms. The highest BCUT2D eigenvalue weighted by Crippen LogP contribution is 2.52. The largest absolute Gasteiger partial charge is 0.310 e. The number of fused-ring (bicyclic) bond motifs is 15. The molecule has 0 saturated heterocycles. The second-order valence-corrected chi connectivity index (χ2v) is 21.7. The van der Waals surface area contributed by atoms with Crippen LogP contribution in [-0.2, 0) is 10.8 Å². The highest BCUT2D eigenvalue weighted by atomic mass is 15.1. The molecule has 0 atom stereocenters. The maximum atomic E-state index is 2.49. The molecule has 13 aromatic rings. The fraction of sp³-hybridized carbons (Fsp3) is 0.0833. The minimum Gasteiger partial charge on any atom is -0.310 e. The molecule has 2 aliphatic carbocycles. The van der Waals surface area contributed by atoms with Gasteiger partial charge in [-0.15, -0.1) is 0 Å². The maximum absolute atomic E-state index is 2.49. The minimum absolute atomic E-state index is 0.0825. The van der Waals surface area contributed by atoms with Gasteiger partial charge in [0.25, 0.3) is 0 Å². The highest BCUT2D eigenvalue weighted by Gasteiger charge is 2.37. The summed E-state index contributed by atoms with van der Waals surface area (Å²) in [5.74, 6) is 0. The van der Waals surface area contributed by atoms with E-state index in [1.807, 2.05) is 0 Å². The summed E-state index contributed by atoms with van der Waals surface area (Å²) in [6.07, 6.45) is 0. The smallest absolute Gasteiger partial charge is 0.0541 e. The van der Waals surface area contributed by atoms with Crippen molar-refractivity contribution in [3.63, 3.8) is 0 Å². The predicted octanol–water partition coefficient (Wildman–Crippen LogP) is 19.7. The van der Waals surface area contributed by atoms with Crippen LogP contribution in [0.2, 0.25) is 0 Å². The van der Waals surface area contributed by atoms with Gasteiger partial charge in [0.15, 0.2) is 0 Å². The number of aromatic nitrogens is 1. The van der Waals surface area contributed by atoms with E-state index in [0.717, 1.165) is 22.7 Å². The molecule has 0 fully saturated rings. The van der Waals surface area contributed by atoms with E-state index in [1.54, 1.807) is 0 Å². The molecule has 0 saturated carbocycles. The van der Waals surface area contributed by atoms with Crippen LogP contribution < -0.4 is 4.90 Å². The lowest BCUT2D eigenvalue weighted by molar-refractivity contribution is 0.660. The van der Waals surface area contributed by atoms with E-state index in [1.165, 1.54) is 121 Å². The molecule has 1 heterocycles. The van der Waals surface area contributed by atoms with E-state index in [2.05, 4.69) is 280 Å². The summed E-state index contributed by atoms with van der Waals surface area (Å²) < 4.78 is 2.49. The first-order valence-corrected chi connectivity index (χ1v) is 26.1. The molecule has 2 aliphatic rings.